The van der Waals surface area contributed by atoms with Gasteiger partial charge in [0.2, 0.25) is 5.50 Å². The normalized spacial score (nSPS) is 18.0. The van der Waals surface area contributed by atoms with Crippen LogP contribution in [-0.2, 0) is 4.79 Å². The number of carbonyl (C=O) groups is 1. The average molecular weight is 319 g/mol. The Kier molecular flexibility index (Phi) is 3.70. The number of fused-ring (bicyclic) bond motifs is 1. The predicted molar refractivity (Wildman–Crippen MR) is 86.6 cm³/mol. The van der Waals surface area contributed by atoms with Crippen molar-refractivity contribution in [1.82, 2.24) is 0 Å². The lowest BCUT2D eigenvalue weighted by Gasteiger charge is -2.18. The molecule has 2 aromatic carbocycles. The topological polar surface area (TPSA) is 32.7 Å². The Balaban J connectivity index is 2.27. The maximum absolute atomic E-state index is 12.2. The first kappa shape index (κ1) is 14.1. The van der Waals surface area contributed by atoms with Gasteiger partial charge in [0, 0.05) is 23.2 Å². The van der Waals surface area contributed by atoms with Crippen molar-refractivity contribution in [3.8, 4) is 0 Å². The Hall–Kier alpha value is -1.84. The molecule has 1 heterocycles. The summed E-state index contributed by atoms with van der Waals surface area (Å²) in [5.74, 6) is -0.258. The number of rotatable bonds is 1. The zero-order chi connectivity index (χ0) is 15.0. The van der Waals surface area contributed by atoms with Gasteiger partial charge in [-0.25, -0.2) is 0 Å². The second-order valence-electron chi connectivity index (χ2n) is 4.74. The molecule has 1 aliphatic heterocycles. The number of benzodiazepines with no additional fused rings is 1. The van der Waals surface area contributed by atoms with E-state index in [4.69, 9.17) is 23.2 Å². The van der Waals surface area contributed by atoms with Crippen LogP contribution in [-0.4, -0.2) is 24.2 Å². The van der Waals surface area contributed by atoms with Gasteiger partial charge in [0.1, 0.15) is 0 Å². The molecule has 0 fully saturated rings. The molecule has 1 atom stereocenters. The van der Waals surface area contributed by atoms with Gasteiger partial charge in [-0.2, -0.15) is 0 Å². The van der Waals surface area contributed by atoms with Crippen molar-refractivity contribution in [1.29, 1.82) is 0 Å². The van der Waals surface area contributed by atoms with E-state index < -0.39 is 5.50 Å². The maximum atomic E-state index is 12.2. The molecule has 2 aromatic rings. The fourth-order valence-corrected chi connectivity index (χ4v) is 2.75. The number of carbonyl (C=O) groups excluding carboxylic acids is 1. The molecule has 1 aliphatic rings. The standard InChI is InChI=1S/C16H12Cl2N2O/c1-20-13-8-7-11(17)9-12(13)14(19-15(18)16(20)21)10-5-3-2-4-6-10/h2-9,15H,1H3. The lowest BCUT2D eigenvalue weighted by Crippen LogP contribution is -2.31. The first-order chi connectivity index (χ1) is 10.1. The molecule has 1 amide bonds. The van der Waals surface area contributed by atoms with Crippen molar-refractivity contribution in [3.63, 3.8) is 0 Å². The number of aliphatic imine (C=N–C) groups is 1. The van der Waals surface area contributed by atoms with Crippen LogP contribution in [0.1, 0.15) is 11.1 Å². The second kappa shape index (κ2) is 5.51. The lowest BCUT2D eigenvalue weighted by molar-refractivity contribution is -0.117. The van der Waals surface area contributed by atoms with Crippen molar-refractivity contribution >= 4 is 40.5 Å². The van der Waals surface area contributed by atoms with Crippen LogP contribution in [0, 0.1) is 0 Å². The summed E-state index contributed by atoms with van der Waals surface area (Å²) in [6.07, 6.45) is 0. The SMILES string of the molecule is CN1C(=O)C(Cl)N=C(c2ccccc2)c2cc(Cl)ccc21. The second-order valence-corrected chi connectivity index (χ2v) is 5.59. The first-order valence-electron chi connectivity index (χ1n) is 6.42. The molecule has 21 heavy (non-hydrogen) atoms. The minimum Gasteiger partial charge on any atom is -0.312 e. The fourth-order valence-electron chi connectivity index (χ4n) is 2.33. The van der Waals surface area contributed by atoms with Crippen LogP contribution in [0.4, 0.5) is 5.69 Å². The van der Waals surface area contributed by atoms with Gasteiger partial charge in [-0.1, -0.05) is 53.5 Å². The molecule has 5 heteroatoms. The van der Waals surface area contributed by atoms with Crippen molar-refractivity contribution in [3.05, 3.63) is 64.7 Å². The van der Waals surface area contributed by atoms with Crippen LogP contribution >= 0.6 is 23.2 Å². The molecule has 0 N–H and O–H groups in total. The minimum atomic E-state index is -0.948. The van der Waals surface area contributed by atoms with Crippen molar-refractivity contribution in [2.75, 3.05) is 11.9 Å². The largest absolute Gasteiger partial charge is 0.312 e. The van der Waals surface area contributed by atoms with E-state index >= 15 is 0 Å². The first-order valence-corrected chi connectivity index (χ1v) is 7.24. The van der Waals surface area contributed by atoms with Crippen LogP contribution in [0.5, 0.6) is 0 Å². The summed E-state index contributed by atoms with van der Waals surface area (Å²) >= 11 is 12.2. The highest BCUT2D eigenvalue weighted by atomic mass is 35.5. The van der Waals surface area contributed by atoms with Crippen LogP contribution in [0.25, 0.3) is 0 Å². The molecule has 0 aliphatic carbocycles. The number of halogens is 2. The zero-order valence-corrected chi connectivity index (χ0v) is 12.8. The van der Waals surface area contributed by atoms with E-state index in [1.807, 2.05) is 36.4 Å². The molecule has 0 spiro atoms. The minimum absolute atomic E-state index is 0.258. The molecular formula is C16H12Cl2N2O. The summed E-state index contributed by atoms with van der Waals surface area (Å²) in [6.45, 7) is 0. The van der Waals surface area contributed by atoms with E-state index in [-0.39, 0.29) is 5.91 Å². The quantitative estimate of drug-likeness (QED) is 0.582. The van der Waals surface area contributed by atoms with E-state index in [1.165, 1.54) is 4.90 Å². The highest BCUT2D eigenvalue weighted by Crippen LogP contribution is 2.30. The number of likely N-dealkylation sites (N-methyl/N-ethyl adjacent to an activating group) is 1. The van der Waals surface area contributed by atoms with Crippen LogP contribution in [0.2, 0.25) is 5.02 Å². The molecule has 3 rings (SSSR count). The summed E-state index contributed by atoms with van der Waals surface area (Å²) in [5, 5.41) is 0.589. The lowest BCUT2D eigenvalue weighted by atomic mass is 10.0. The van der Waals surface area contributed by atoms with E-state index in [0.29, 0.717) is 10.7 Å². The van der Waals surface area contributed by atoms with Crippen LogP contribution < -0.4 is 4.90 Å². The molecule has 0 saturated carbocycles. The molecule has 0 bridgehead atoms. The van der Waals surface area contributed by atoms with Gasteiger partial charge in [0.15, 0.2) is 0 Å². The monoisotopic (exact) mass is 318 g/mol. The van der Waals surface area contributed by atoms with E-state index in [1.54, 1.807) is 19.2 Å². The van der Waals surface area contributed by atoms with Gasteiger partial charge in [0.05, 0.1) is 11.4 Å². The molecule has 0 radical (unpaired) electrons. The Morgan fingerprint density at radius 2 is 1.86 bits per heavy atom. The molecule has 106 valence electrons. The van der Waals surface area contributed by atoms with Gasteiger partial charge in [0.25, 0.3) is 5.91 Å². The summed E-state index contributed by atoms with van der Waals surface area (Å²) < 4.78 is 0. The molecular weight excluding hydrogens is 307 g/mol. The predicted octanol–water partition coefficient (Wildman–Crippen LogP) is 3.72. The number of hydrogen-bond donors (Lipinski definition) is 0. The third-order valence-electron chi connectivity index (χ3n) is 3.40. The summed E-state index contributed by atoms with van der Waals surface area (Å²) in [4.78, 5) is 18.1. The summed E-state index contributed by atoms with van der Waals surface area (Å²) in [7, 11) is 1.69. The number of alkyl halides is 1. The third kappa shape index (κ3) is 2.55. The highest BCUT2D eigenvalue weighted by Gasteiger charge is 2.28. The Morgan fingerprint density at radius 3 is 2.57 bits per heavy atom. The molecule has 0 aromatic heterocycles. The number of benzene rings is 2. The molecule has 1 unspecified atom stereocenters. The van der Waals surface area contributed by atoms with E-state index in [0.717, 1.165) is 16.8 Å². The third-order valence-corrected chi connectivity index (χ3v) is 3.92. The highest BCUT2D eigenvalue weighted by molar-refractivity contribution is 6.36. The van der Waals surface area contributed by atoms with E-state index in [2.05, 4.69) is 4.99 Å². The number of anilines is 1. The van der Waals surface area contributed by atoms with Gasteiger partial charge in [-0.3, -0.25) is 9.79 Å². The van der Waals surface area contributed by atoms with Crippen LogP contribution in [0.15, 0.2) is 53.5 Å². The summed E-state index contributed by atoms with van der Waals surface area (Å²) in [6, 6.07) is 15.0. The van der Waals surface area contributed by atoms with Crippen molar-refractivity contribution in [2.45, 2.75) is 5.50 Å². The van der Waals surface area contributed by atoms with Gasteiger partial charge < -0.3 is 4.90 Å². The number of nitrogens with zero attached hydrogens (tertiary/aromatic N) is 2. The maximum Gasteiger partial charge on any atom is 0.266 e. The Labute approximate surface area is 132 Å². The van der Waals surface area contributed by atoms with Gasteiger partial charge in [-0.15, -0.1) is 0 Å². The van der Waals surface area contributed by atoms with Crippen molar-refractivity contribution in [2.24, 2.45) is 4.99 Å². The van der Waals surface area contributed by atoms with Crippen LogP contribution in [0.3, 0.4) is 0 Å². The molecule has 3 nitrogen and oxygen atoms in total. The van der Waals surface area contributed by atoms with Crippen molar-refractivity contribution < 1.29 is 4.79 Å². The zero-order valence-electron chi connectivity index (χ0n) is 11.3. The number of amides is 1. The number of hydrogen-bond acceptors (Lipinski definition) is 2. The Morgan fingerprint density at radius 1 is 1.14 bits per heavy atom. The summed E-state index contributed by atoms with van der Waals surface area (Å²) in [5.41, 5.74) is 2.17. The molecule has 0 saturated heterocycles. The smallest absolute Gasteiger partial charge is 0.266 e. The average Bonchev–Trinajstić information content (AvgIpc) is 2.59. The fraction of sp³-hybridized carbons (Fsp3) is 0.125. The van der Waals surface area contributed by atoms with Gasteiger partial charge in [-0.05, 0) is 18.2 Å². The Bertz CT molecular complexity index is 728. The van der Waals surface area contributed by atoms with Gasteiger partial charge >= 0.3 is 0 Å². The van der Waals surface area contributed by atoms with E-state index in [9.17, 15) is 4.79 Å².